The molecule has 20 heavy (non-hydrogen) atoms. The highest BCUT2D eigenvalue weighted by Gasteiger charge is 2.13. The normalized spacial score (nSPS) is 19.0. The van der Waals surface area contributed by atoms with Crippen molar-refractivity contribution in [3.8, 4) is 5.75 Å². The molecule has 4 nitrogen and oxygen atoms in total. The third-order valence-corrected chi connectivity index (χ3v) is 3.73. The van der Waals surface area contributed by atoms with Gasteiger partial charge in [-0.15, -0.1) is 0 Å². The number of piperazine rings is 1. The van der Waals surface area contributed by atoms with E-state index in [-0.39, 0.29) is 11.9 Å². The number of hydrogen-bond acceptors (Lipinski definition) is 4. The fraction of sp³-hybridized carbons (Fsp3) is 0.600. The molecule has 5 heteroatoms. The summed E-state index contributed by atoms with van der Waals surface area (Å²) in [7, 11) is 2.14. The highest BCUT2D eigenvalue weighted by atomic mass is 19.1. The van der Waals surface area contributed by atoms with E-state index < -0.39 is 0 Å². The van der Waals surface area contributed by atoms with Crippen LogP contribution in [0.3, 0.4) is 0 Å². The number of rotatable bonds is 5. The van der Waals surface area contributed by atoms with Gasteiger partial charge in [-0.2, -0.15) is 0 Å². The summed E-state index contributed by atoms with van der Waals surface area (Å²) < 4.78 is 19.4. The van der Waals surface area contributed by atoms with Gasteiger partial charge < -0.3 is 15.4 Å². The van der Waals surface area contributed by atoms with E-state index in [4.69, 9.17) is 10.5 Å². The Labute approximate surface area is 120 Å². The molecule has 112 valence electrons. The number of likely N-dealkylation sites (N-methyl/N-ethyl adjacent to an activating group) is 1. The van der Waals surface area contributed by atoms with Gasteiger partial charge in [0, 0.05) is 50.4 Å². The van der Waals surface area contributed by atoms with Crippen molar-refractivity contribution in [2.24, 2.45) is 5.73 Å². The van der Waals surface area contributed by atoms with Crippen molar-refractivity contribution in [1.82, 2.24) is 9.80 Å². The van der Waals surface area contributed by atoms with E-state index in [2.05, 4.69) is 16.8 Å². The minimum absolute atomic E-state index is 0.294. The van der Waals surface area contributed by atoms with Crippen LogP contribution in [0, 0.1) is 5.82 Å². The lowest BCUT2D eigenvalue weighted by Gasteiger charge is -2.32. The Hall–Kier alpha value is -1.17. The predicted molar refractivity (Wildman–Crippen MR) is 78.4 cm³/mol. The standard InChI is InChI=1S/C15H24FN3O/c1-12(17)14-4-3-13(11-15(14)16)20-10-9-19-7-5-18(2)6-8-19/h3-4,11-12H,5-10,17H2,1-2H3/t12-/m0/s1. The zero-order chi connectivity index (χ0) is 14.5. The maximum atomic E-state index is 13.7. The Morgan fingerprint density at radius 2 is 2.00 bits per heavy atom. The molecule has 1 heterocycles. The quantitative estimate of drug-likeness (QED) is 0.887. The van der Waals surface area contributed by atoms with Crippen molar-refractivity contribution in [2.75, 3.05) is 46.4 Å². The van der Waals surface area contributed by atoms with E-state index >= 15 is 0 Å². The van der Waals surface area contributed by atoms with Gasteiger partial charge in [0.2, 0.25) is 0 Å². The largest absolute Gasteiger partial charge is 0.492 e. The lowest BCUT2D eigenvalue weighted by Crippen LogP contribution is -2.45. The topological polar surface area (TPSA) is 41.7 Å². The molecular weight excluding hydrogens is 257 g/mol. The molecule has 0 aliphatic carbocycles. The maximum absolute atomic E-state index is 13.7. The maximum Gasteiger partial charge on any atom is 0.131 e. The molecule has 1 aliphatic rings. The van der Waals surface area contributed by atoms with Crippen LogP contribution >= 0.6 is 0 Å². The minimum atomic E-state index is -0.297. The third kappa shape index (κ3) is 4.16. The van der Waals surface area contributed by atoms with Crippen molar-refractivity contribution in [2.45, 2.75) is 13.0 Å². The molecule has 0 radical (unpaired) electrons. The monoisotopic (exact) mass is 281 g/mol. The van der Waals surface area contributed by atoms with Gasteiger partial charge >= 0.3 is 0 Å². The summed E-state index contributed by atoms with van der Waals surface area (Å²) in [5, 5.41) is 0. The highest BCUT2D eigenvalue weighted by Crippen LogP contribution is 2.20. The first-order valence-corrected chi connectivity index (χ1v) is 7.15. The Kier molecular flexibility index (Phi) is 5.34. The van der Waals surface area contributed by atoms with E-state index in [0.29, 0.717) is 17.9 Å². The van der Waals surface area contributed by atoms with Crippen LogP contribution in [0.25, 0.3) is 0 Å². The predicted octanol–water partition coefficient (Wildman–Crippen LogP) is 1.47. The summed E-state index contributed by atoms with van der Waals surface area (Å²) in [6.07, 6.45) is 0. The zero-order valence-electron chi connectivity index (χ0n) is 12.3. The van der Waals surface area contributed by atoms with Gasteiger partial charge in [-0.25, -0.2) is 4.39 Å². The van der Waals surface area contributed by atoms with Crippen LogP contribution in [0.15, 0.2) is 18.2 Å². The van der Waals surface area contributed by atoms with Crippen LogP contribution in [0.4, 0.5) is 4.39 Å². The molecule has 0 spiro atoms. The second kappa shape index (κ2) is 7.02. The summed E-state index contributed by atoms with van der Waals surface area (Å²) in [4.78, 5) is 4.69. The second-order valence-electron chi connectivity index (χ2n) is 5.47. The van der Waals surface area contributed by atoms with Gasteiger partial charge in [-0.05, 0) is 20.0 Å². The molecule has 2 N–H and O–H groups in total. The van der Waals surface area contributed by atoms with Crippen molar-refractivity contribution in [3.63, 3.8) is 0 Å². The van der Waals surface area contributed by atoms with Crippen LogP contribution < -0.4 is 10.5 Å². The van der Waals surface area contributed by atoms with Gasteiger partial charge in [0.25, 0.3) is 0 Å². The van der Waals surface area contributed by atoms with Gasteiger partial charge in [-0.1, -0.05) is 6.07 Å². The molecule has 2 rings (SSSR count). The molecule has 1 aromatic carbocycles. The van der Waals surface area contributed by atoms with Crippen LogP contribution in [-0.2, 0) is 0 Å². The first kappa shape index (κ1) is 15.2. The molecule has 0 bridgehead atoms. The lowest BCUT2D eigenvalue weighted by molar-refractivity contribution is 0.133. The van der Waals surface area contributed by atoms with Gasteiger partial charge in [-0.3, -0.25) is 4.90 Å². The summed E-state index contributed by atoms with van der Waals surface area (Å²) in [6.45, 7) is 7.56. The number of benzene rings is 1. The average Bonchev–Trinajstić information content (AvgIpc) is 2.41. The van der Waals surface area contributed by atoms with Crippen molar-refractivity contribution < 1.29 is 9.13 Å². The first-order valence-electron chi connectivity index (χ1n) is 7.15. The summed E-state index contributed by atoms with van der Waals surface area (Å²) in [6, 6.07) is 4.61. The smallest absolute Gasteiger partial charge is 0.131 e. The highest BCUT2D eigenvalue weighted by molar-refractivity contribution is 5.30. The number of nitrogens with two attached hydrogens (primary N) is 1. The molecule has 0 aromatic heterocycles. The van der Waals surface area contributed by atoms with Crippen LogP contribution in [0.1, 0.15) is 18.5 Å². The molecule has 1 saturated heterocycles. The number of ether oxygens (including phenoxy) is 1. The average molecular weight is 281 g/mol. The third-order valence-electron chi connectivity index (χ3n) is 3.73. The zero-order valence-corrected chi connectivity index (χ0v) is 12.3. The fourth-order valence-electron chi connectivity index (χ4n) is 2.33. The van der Waals surface area contributed by atoms with Crippen LogP contribution in [-0.4, -0.2) is 56.2 Å². The first-order chi connectivity index (χ1) is 9.56. The fourth-order valence-corrected chi connectivity index (χ4v) is 2.33. The molecule has 0 unspecified atom stereocenters. The Morgan fingerprint density at radius 3 is 2.60 bits per heavy atom. The molecule has 1 aromatic rings. The summed E-state index contributed by atoms with van der Waals surface area (Å²) >= 11 is 0. The Morgan fingerprint density at radius 1 is 1.30 bits per heavy atom. The van der Waals surface area contributed by atoms with E-state index in [1.54, 1.807) is 19.1 Å². The van der Waals surface area contributed by atoms with Gasteiger partial charge in [0.1, 0.15) is 18.2 Å². The van der Waals surface area contributed by atoms with Crippen LogP contribution in [0.2, 0.25) is 0 Å². The van der Waals surface area contributed by atoms with Crippen LogP contribution in [0.5, 0.6) is 5.75 Å². The van der Waals surface area contributed by atoms with E-state index in [0.717, 1.165) is 32.7 Å². The van der Waals surface area contributed by atoms with Crippen molar-refractivity contribution in [1.29, 1.82) is 0 Å². The molecule has 1 fully saturated rings. The molecule has 1 aliphatic heterocycles. The van der Waals surface area contributed by atoms with Crippen molar-refractivity contribution >= 4 is 0 Å². The van der Waals surface area contributed by atoms with E-state index in [9.17, 15) is 4.39 Å². The SMILES string of the molecule is C[C@H](N)c1ccc(OCCN2CCN(C)CC2)cc1F. The van der Waals surface area contributed by atoms with Gasteiger partial charge in [0.15, 0.2) is 0 Å². The van der Waals surface area contributed by atoms with Gasteiger partial charge in [0.05, 0.1) is 0 Å². The summed E-state index contributed by atoms with van der Waals surface area (Å²) in [5.41, 5.74) is 6.21. The Balaban J connectivity index is 1.78. The minimum Gasteiger partial charge on any atom is -0.492 e. The number of hydrogen-bond donors (Lipinski definition) is 1. The number of nitrogens with zero attached hydrogens (tertiary/aromatic N) is 2. The summed E-state index contributed by atoms with van der Waals surface area (Å²) in [5.74, 6) is 0.276. The molecule has 0 amide bonds. The molecule has 1 atom stereocenters. The lowest BCUT2D eigenvalue weighted by atomic mass is 10.1. The number of halogens is 1. The van der Waals surface area contributed by atoms with E-state index in [1.165, 1.54) is 6.07 Å². The molecule has 0 saturated carbocycles. The Bertz CT molecular complexity index is 431. The van der Waals surface area contributed by atoms with Crippen molar-refractivity contribution in [3.05, 3.63) is 29.6 Å². The van der Waals surface area contributed by atoms with E-state index in [1.807, 2.05) is 0 Å². The second-order valence-corrected chi connectivity index (χ2v) is 5.47. The molecular formula is C15H24FN3O.